The van der Waals surface area contributed by atoms with Gasteiger partial charge in [-0.25, -0.2) is 4.79 Å². The fraction of sp³-hybridized carbons (Fsp3) is 0.318. The summed E-state index contributed by atoms with van der Waals surface area (Å²) in [6, 6.07) is 14.4. The summed E-state index contributed by atoms with van der Waals surface area (Å²) in [5.74, 6) is -0.887. The van der Waals surface area contributed by atoms with Gasteiger partial charge in [-0.3, -0.25) is 9.59 Å². The van der Waals surface area contributed by atoms with Crippen molar-refractivity contribution in [2.24, 2.45) is 0 Å². The van der Waals surface area contributed by atoms with Gasteiger partial charge in [0.25, 0.3) is 0 Å². The molecule has 1 atom stereocenters. The topological polar surface area (TPSA) is 108 Å². The maximum absolute atomic E-state index is 12.5. The molecule has 1 aliphatic heterocycles. The predicted octanol–water partition coefficient (Wildman–Crippen LogP) is 3.56. The van der Waals surface area contributed by atoms with Crippen LogP contribution in [-0.4, -0.2) is 29.1 Å². The molecule has 0 aliphatic carbocycles. The minimum Gasteiger partial charge on any atom is -0.481 e. The van der Waals surface area contributed by atoms with Gasteiger partial charge in [-0.2, -0.15) is 0 Å². The number of carbonyl (C=O) groups excluding carboxylic acids is 2. The Morgan fingerprint density at radius 3 is 2.66 bits per heavy atom. The van der Waals surface area contributed by atoms with E-state index in [2.05, 4.69) is 16.0 Å². The number of nitrogens with one attached hydrogen (secondary N) is 3. The molecule has 29 heavy (non-hydrogen) atoms. The Morgan fingerprint density at radius 2 is 1.90 bits per heavy atom. The lowest BCUT2D eigenvalue weighted by Gasteiger charge is -2.19. The van der Waals surface area contributed by atoms with Gasteiger partial charge in [-0.1, -0.05) is 30.3 Å². The second-order valence-electron chi connectivity index (χ2n) is 7.19. The van der Waals surface area contributed by atoms with E-state index in [4.69, 9.17) is 5.11 Å². The fourth-order valence-electron chi connectivity index (χ4n) is 3.43. The minimum absolute atomic E-state index is 0.00406. The van der Waals surface area contributed by atoms with E-state index in [9.17, 15) is 14.4 Å². The number of carboxylic acid groups (broad SMARTS) is 1. The first kappa shape index (κ1) is 20.4. The zero-order valence-corrected chi connectivity index (χ0v) is 16.1. The van der Waals surface area contributed by atoms with Crippen LogP contribution in [0.15, 0.2) is 48.5 Å². The predicted molar refractivity (Wildman–Crippen MR) is 111 cm³/mol. The monoisotopic (exact) mass is 395 g/mol. The van der Waals surface area contributed by atoms with E-state index in [1.54, 1.807) is 12.1 Å². The van der Waals surface area contributed by atoms with Crippen LogP contribution in [-0.2, 0) is 22.4 Å². The van der Waals surface area contributed by atoms with Crippen LogP contribution in [0.3, 0.4) is 0 Å². The summed E-state index contributed by atoms with van der Waals surface area (Å²) in [5, 5.41) is 17.6. The lowest BCUT2D eigenvalue weighted by atomic mass is 10.0. The van der Waals surface area contributed by atoms with Gasteiger partial charge < -0.3 is 21.1 Å². The smallest absolute Gasteiger partial charge is 0.319 e. The van der Waals surface area contributed by atoms with Crippen molar-refractivity contribution in [3.63, 3.8) is 0 Å². The standard InChI is InChI=1S/C22H25N3O4/c26-20-8-4-7-16-14-18(9-11-19(16)25-20)24-22(29)23-17(10-12-21(27)28)13-15-5-2-1-3-6-15/h1-3,5-6,9,11,14,17H,4,7-8,10,12-13H2,(H,25,26)(H,27,28)(H2,23,24,29). The fourth-order valence-corrected chi connectivity index (χ4v) is 3.43. The van der Waals surface area contributed by atoms with Crippen LogP contribution in [0.2, 0.25) is 0 Å². The van der Waals surface area contributed by atoms with Crippen molar-refractivity contribution >= 4 is 29.3 Å². The average molecular weight is 395 g/mol. The first-order chi connectivity index (χ1) is 14.0. The zero-order chi connectivity index (χ0) is 20.6. The lowest BCUT2D eigenvalue weighted by molar-refractivity contribution is -0.137. The summed E-state index contributed by atoms with van der Waals surface area (Å²) in [6.07, 6.45) is 2.90. The molecule has 1 aliphatic rings. The number of fused-ring (bicyclic) bond motifs is 1. The number of aliphatic carboxylic acids is 1. The third-order valence-electron chi connectivity index (χ3n) is 4.85. The van der Waals surface area contributed by atoms with E-state index in [0.717, 1.165) is 29.7 Å². The molecule has 1 unspecified atom stereocenters. The van der Waals surface area contributed by atoms with Crippen molar-refractivity contribution < 1.29 is 19.5 Å². The molecule has 0 saturated carbocycles. The number of aryl methyl sites for hydroxylation is 1. The first-order valence-corrected chi connectivity index (χ1v) is 9.75. The minimum atomic E-state index is -0.891. The van der Waals surface area contributed by atoms with E-state index in [-0.39, 0.29) is 24.4 Å². The molecule has 2 aromatic rings. The quantitative estimate of drug-likeness (QED) is 0.575. The van der Waals surface area contributed by atoms with Gasteiger partial charge >= 0.3 is 12.0 Å². The highest BCUT2D eigenvalue weighted by molar-refractivity contribution is 5.94. The maximum atomic E-state index is 12.5. The van der Waals surface area contributed by atoms with Gasteiger partial charge in [-0.05, 0) is 55.0 Å². The van der Waals surface area contributed by atoms with Gasteiger partial charge in [0.15, 0.2) is 0 Å². The van der Waals surface area contributed by atoms with E-state index in [1.165, 1.54) is 0 Å². The van der Waals surface area contributed by atoms with Crippen LogP contribution in [0.25, 0.3) is 0 Å². The van der Waals surface area contributed by atoms with Gasteiger partial charge in [0.05, 0.1) is 0 Å². The van der Waals surface area contributed by atoms with Crippen molar-refractivity contribution in [3.8, 4) is 0 Å². The number of urea groups is 1. The molecule has 0 fully saturated rings. The Bertz CT molecular complexity index is 883. The van der Waals surface area contributed by atoms with Crippen LogP contribution >= 0.6 is 0 Å². The van der Waals surface area contributed by atoms with E-state index >= 15 is 0 Å². The second-order valence-corrected chi connectivity index (χ2v) is 7.19. The van der Waals surface area contributed by atoms with E-state index in [0.29, 0.717) is 24.9 Å². The molecule has 0 saturated heterocycles. The zero-order valence-electron chi connectivity index (χ0n) is 16.1. The number of carboxylic acids is 1. The Morgan fingerprint density at radius 1 is 1.10 bits per heavy atom. The van der Waals surface area contributed by atoms with Crippen molar-refractivity contribution in [2.75, 3.05) is 10.6 Å². The average Bonchev–Trinajstić information content (AvgIpc) is 2.87. The van der Waals surface area contributed by atoms with Crippen molar-refractivity contribution in [3.05, 3.63) is 59.7 Å². The summed E-state index contributed by atoms with van der Waals surface area (Å²) in [7, 11) is 0. The third kappa shape index (κ3) is 6.34. The van der Waals surface area contributed by atoms with Crippen LogP contribution < -0.4 is 16.0 Å². The molecule has 4 N–H and O–H groups in total. The molecule has 3 amide bonds. The van der Waals surface area contributed by atoms with Crippen molar-refractivity contribution in [1.29, 1.82) is 0 Å². The highest BCUT2D eigenvalue weighted by atomic mass is 16.4. The summed E-state index contributed by atoms with van der Waals surface area (Å²) in [4.78, 5) is 35.1. The normalized spacial score (nSPS) is 14.1. The van der Waals surface area contributed by atoms with Gasteiger partial charge in [0, 0.05) is 30.3 Å². The molecule has 7 nitrogen and oxygen atoms in total. The molecule has 3 rings (SSSR count). The van der Waals surface area contributed by atoms with Gasteiger partial charge in [0.2, 0.25) is 5.91 Å². The molecular formula is C22H25N3O4. The molecule has 7 heteroatoms. The van der Waals surface area contributed by atoms with Crippen molar-refractivity contribution in [1.82, 2.24) is 5.32 Å². The molecule has 1 heterocycles. The van der Waals surface area contributed by atoms with Crippen LogP contribution in [0.5, 0.6) is 0 Å². The van der Waals surface area contributed by atoms with Gasteiger partial charge in [-0.15, -0.1) is 0 Å². The molecule has 0 bridgehead atoms. The molecule has 0 spiro atoms. The molecule has 2 aromatic carbocycles. The largest absolute Gasteiger partial charge is 0.481 e. The van der Waals surface area contributed by atoms with E-state index in [1.807, 2.05) is 36.4 Å². The number of hydrogen-bond donors (Lipinski definition) is 4. The highest BCUT2D eigenvalue weighted by Gasteiger charge is 2.17. The first-order valence-electron chi connectivity index (χ1n) is 9.75. The molecular weight excluding hydrogens is 370 g/mol. The number of rotatable bonds is 7. The number of anilines is 2. The Hall–Kier alpha value is -3.35. The number of amides is 3. The lowest BCUT2D eigenvalue weighted by Crippen LogP contribution is -2.39. The number of benzene rings is 2. The Balaban J connectivity index is 1.63. The molecule has 152 valence electrons. The Labute approximate surface area is 169 Å². The Kier molecular flexibility index (Phi) is 6.84. The third-order valence-corrected chi connectivity index (χ3v) is 4.85. The number of hydrogen-bond acceptors (Lipinski definition) is 3. The van der Waals surface area contributed by atoms with Gasteiger partial charge in [0.1, 0.15) is 0 Å². The van der Waals surface area contributed by atoms with Crippen molar-refractivity contribution in [2.45, 2.75) is 44.6 Å². The second kappa shape index (κ2) is 9.73. The summed E-state index contributed by atoms with van der Waals surface area (Å²) in [6.45, 7) is 0. The molecule has 0 aromatic heterocycles. The summed E-state index contributed by atoms with van der Waals surface area (Å²) in [5.41, 5.74) is 3.43. The number of carbonyl (C=O) groups is 3. The SMILES string of the molecule is O=C(O)CCC(Cc1ccccc1)NC(=O)Nc1ccc2c(c1)CCCC(=O)N2. The molecule has 0 radical (unpaired) electrons. The maximum Gasteiger partial charge on any atom is 0.319 e. The van der Waals surface area contributed by atoms with E-state index < -0.39 is 5.97 Å². The highest BCUT2D eigenvalue weighted by Crippen LogP contribution is 2.25. The van der Waals surface area contributed by atoms with Crippen LogP contribution in [0, 0.1) is 0 Å². The van der Waals surface area contributed by atoms with Crippen LogP contribution in [0.1, 0.15) is 36.8 Å². The summed E-state index contributed by atoms with van der Waals surface area (Å²) >= 11 is 0. The van der Waals surface area contributed by atoms with Crippen LogP contribution in [0.4, 0.5) is 16.2 Å². The summed E-state index contributed by atoms with van der Waals surface area (Å²) < 4.78 is 0.